The number of nitrogens with zero attached hydrogens (tertiary/aromatic N) is 2. The summed E-state index contributed by atoms with van der Waals surface area (Å²) in [6.45, 7) is 4.40. The lowest BCUT2D eigenvalue weighted by Gasteiger charge is -2.29. The summed E-state index contributed by atoms with van der Waals surface area (Å²) in [4.78, 5) is 27.1. The summed E-state index contributed by atoms with van der Waals surface area (Å²) in [7, 11) is -3.66. The number of anilines is 1. The quantitative estimate of drug-likeness (QED) is 0.449. The molecule has 0 spiro atoms. The van der Waals surface area contributed by atoms with Crippen molar-refractivity contribution in [3.8, 4) is 0 Å². The topological polar surface area (TPSA) is 86.8 Å². The van der Waals surface area contributed by atoms with Crippen molar-refractivity contribution in [3.05, 3.63) is 64.1 Å². The summed E-state index contributed by atoms with van der Waals surface area (Å²) < 4.78 is 26.0. The third-order valence-electron chi connectivity index (χ3n) is 5.33. The highest BCUT2D eigenvalue weighted by molar-refractivity contribution is 7.92. The van der Waals surface area contributed by atoms with Crippen LogP contribution in [0.15, 0.2) is 48.5 Å². The average Bonchev–Trinajstić information content (AvgIpc) is 2.78. The summed E-state index contributed by atoms with van der Waals surface area (Å²) in [6, 6.07) is 13.7. The smallest absolute Gasteiger partial charge is 0.242 e. The number of nitrogens with one attached hydrogen (secondary N) is 1. The molecule has 0 saturated carbocycles. The molecule has 1 atom stereocenters. The zero-order chi connectivity index (χ0) is 25.3. The van der Waals surface area contributed by atoms with E-state index in [9.17, 15) is 18.0 Å². The fourth-order valence-corrected chi connectivity index (χ4v) is 4.96. The Balaban J connectivity index is 2.12. The minimum atomic E-state index is -3.66. The fraction of sp³-hybridized carbons (Fsp3) is 0.417. The molecule has 2 aromatic rings. The van der Waals surface area contributed by atoms with Gasteiger partial charge in [0.25, 0.3) is 0 Å². The van der Waals surface area contributed by atoms with Crippen LogP contribution in [-0.2, 0) is 26.0 Å². The Kier molecular flexibility index (Phi) is 10.7. The molecular formula is C24H31Cl2N3O4S. The van der Waals surface area contributed by atoms with Gasteiger partial charge in [-0.3, -0.25) is 13.9 Å². The van der Waals surface area contributed by atoms with Gasteiger partial charge < -0.3 is 10.2 Å². The van der Waals surface area contributed by atoms with Crippen molar-refractivity contribution in [1.29, 1.82) is 0 Å². The first-order chi connectivity index (χ1) is 16.0. The normalized spacial score (nSPS) is 12.1. The van der Waals surface area contributed by atoms with Gasteiger partial charge in [-0.2, -0.15) is 0 Å². The van der Waals surface area contributed by atoms with Gasteiger partial charge in [0, 0.05) is 31.1 Å². The number of amides is 2. The summed E-state index contributed by atoms with van der Waals surface area (Å²) >= 11 is 12.2. The number of likely N-dealkylation sites (N-methyl/N-ethyl adjacent to an activating group) is 1. The zero-order valence-electron chi connectivity index (χ0n) is 19.6. The first-order valence-corrected chi connectivity index (χ1v) is 13.7. The van der Waals surface area contributed by atoms with Gasteiger partial charge in [0.15, 0.2) is 0 Å². The van der Waals surface area contributed by atoms with E-state index in [1.54, 1.807) is 17.9 Å². The van der Waals surface area contributed by atoms with Crippen LogP contribution in [0.3, 0.4) is 0 Å². The van der Waals surface area contributed by atoms with Crippen molar-refractivity contribution in [2.75, 3.05) is 30.2 Å². The predicted molar refractivity (Wildman–Crippen MR) is 138 cm³/mol. The van der Waals surface area contributed by atoms with E-state index >= 15 is 0 Å². The van der Waals surface area contributed by atoms with Crippen molar-refractivity contribution in [3.63, 3.8) is 0 Å². The standard InChI is InChI=1S/C24H31Cl2N3O4S/c1-4-27-24(31)18(2)28(16-14-19-9-6-5-7-10-19)23(30)11-8-15-29(34(3,32)33)22-17-20(25)12-13-21(22)26/h5-7,9-10,12-13,17-18H,4,8,11,14-16H2,1-3H3,(H,27,31). The van der Waals surface area contributed by atoms with E-state index in [1.165, 1.54) is 12.1 Å². The maximum atomic E-state index is 13.1. The van der Waals surface area contributed by atoms with E-state index in [0.29, 0.717) is 24.5 Å². The van der Waals surface area contributed by atoms with E-state index in [-0.39, 0.29) is 41.9 Å². The molecule has 2 rings (SSSR count). The van der Waals surface area contributed by atoms with Gasteiger partial charge in [0.05, 0.1) is 17.0 Å². The molecule has 2 amide bonds. The molecule has 0 heterocycles. The maximum absolute atomic E-state index is 13.1. The molecule has 0 bridgehead atoms. The molecular weight excluding hydrogens is 497 g/mol. The third kappa shape index (κ3) is 8.18. The van der Waals surface area contributed by atoms with E-state index in [2.05, 4.69) is 5.32 Å². The molecule has 186 valence electrons. The van der Waals surface area contributed by atoms with Crippen LogP contribution in [0, 0.1) is 0 Å². The summed E-state index contributed by atoms with van der Waals surface area (Å²) in [5, 5.41) is 3.36. The Hall–Kier alpha value is -2.29. The molecule has 1 N–H and O–H groups in total. The van der Waals surface area contributed by atoms with Gasteiger partial charge >= 0.3 is 0 Å². The highest BCUT2D eigenvalue weighted by Crippen LogP contribution is 2.31. The second kappa shape index (κ2) is 13.0. The molecule has 34 heavy (non-hydrogen) atoms. The highest BCUT2D eigenvalue weighted by Gasteiger charge is 2.26. The second-order valence-corrected chi connectivity index (χ2v) is 10.7. The molecule has 0 saturated heterocycles. The van der Waals surface area contributed by atoms with Crippen LogP contribution in [0.1, 0.15) is 32.3 Å². The van der Waals surface area contributed by atoms with E-state index in [0.717, 1.165) is 16.1 Å². The predicted octanol–water partition coefficient (Wildman–Crippen LogP) is 4.14. The molecule has 1 unspecified atom stereocenters. The van der Waals surface area contributed by atoms with Gasteiger partial charge in [-0.05, 0) is 50.5 Å². The lowest BCUT2D eigenvalue weighted by molar-refractivity contribution is -0.139. The number of carbonyl (C=O) groups is 2. The van der Waals surface area contributed by atoms with Crippen molar-refractivity contribution in [2.24, 2.45) is 0 Å². The second-order valence-electron chi connectivity index (χ2n) is 7.93. The van der Waals surface area contributed by atoms with Crippen LogP contribution in [0.5, 0.6) is 0 Å². The fourth-order valence-electron chi connectivity index (χ4n) is 3.55. The third-order valence-corrected chi connectivity index (χ3v) is 7.07. The number of carbonyl (C=O) groups excluding carboxylic acids is 2. The molecule has 0 fully saturated rings. The molecule has 0 aliphatic rings. The van der Waals surface area contributed by atoms with Crippen LogP contribution in [-0.4, -0.2) is 57.1 Å². The molecule has 0 radical (unpaired) electrons. The maximum Gasteiger partial charge on any atom is 0.242 e. The average molecular weight is 529 g/mol. The molecule has 0 aliphatic carbocycles. The van der Waals surface area contributed by atoms with Gasteiger partial charge in [-0.1, -0.05) is 53.5 Å². The van der Waals surface area contributed by atoms with Gasteiger partial charge in [0.1, 0.15) is 6.04 Å². The monoisotopic (exact) mass is 527 g/mol. The van der Waals surface area contributed by atoms with Gasteiger partial charge in [-0.15, -0.1) is 0 Å². The Morgan fingerprint density at radius 2 is 1.74 bits per heavy atom. The minimum absolute atomic E-state index is 0.0483. The summed E-state index contributed by atoms with van der Waals surface area (Å²) in [5.74, 6) is -0.451. The Morgan fingerprint density at radius 3 is 2.35 bits per heavy atom. The van der Waals surface area contributed by atoms with Crippen molar-refractivity contribution in [2.45, 2.75) is 39.2 Å². The summed E-state index contributed by atoms with van der Waals surface area (Å²) in [5.41, 5.74) is 1.32. The molecule has 2 aromatic carbocycles. The van der Waals surface area contributed by atoms with E-state index in [4.69, 9.17) is 23.2 Å². The van der Waals surface area contributed by atoms with Crippen molar-refractivity contribution < 1.29 is 18.0 Å². The minimum Gasteiger partial charge on any atom is -0.355 e. The van der Waals surface area contributed by atoms with Crippen molar-refractivity contribution in [1.82, 2.24) is 10.2 Å². The first kappa shape index (κ1) is 28.0. The Labute approximate surface area is 212 Å². The number of benzene rings is 2. The molecule has 10 heteroatoms. The van der Waals surface area contributed by atoms with E-state index in [1.807, 2.05) is 37.3 Å². The zero-order valence-corrected chi connectivity index (χ0v) is 22.0. The van der Waals surface area contributed by atoms with Crippen LogP contribution >= 0.6 is 23.2 Å². The van der Waals surface area contributed by atoms with Gasteiger partial charge in [-0.25, -0.2) is 8.42 Å². The largest absolute Gasteiger partial charge is 0.355 e. The molecule has 0 aromatic heterocycles. The summed E-state index contributed by atoms with van der Waals surface area (Å²) in [6.07, 6.45) is 2.00. The van der Waals surface area contributed by atoms with Crippen molar-refractivity contribution >= 4 is 50.7 Å². The highest BCUT2D eigenvalue weighted by atomic mass is 35.5. The van der Waals surface area contributed by atoms with Gasteiger partial charge in [0.2, 0.25) is 21.8 Å². The lowest BCUT2D eigenvalue weighted by Crippen LogP contribution is -2.48. The Morgan fingerprint density at radius 1 is 1.06 bits per heavy atom. The Bertz CT molecular complexity index is 1080. The number of sulfonamides is 1. The molecule has 7 nitrogen and oxygen atoms in total. The van der Waals surface area contributed by atoms with Crippen LogP contribution < -0.4 is 9.62 Å². The SMILES string of the molecule is CCNC(=O)C(C)N(CCc1ccccc1)C(=O)CCCN(c1cc(Cl)ccc1Cl)S(C)(=O)=O. The molecule has 0 aliphatic heterocycles. The number of hydrogen-bond acceptors (Lipinski definition) is 4. The van der Waals surface area contributed by atoms with Crippen LogP contribution in [0.4, 0.5) is 5.69 Å². The van der Waals surface area contributed by atoms with Crippen LogP contribution in [0.2, 0.25) is 10.0 Å². The first-order valence-electron chi connectivity index (χ1n) is 11.1. The van der Waals surface area contributed by atoms with Crippen LogP contribution in [0.25, 0.3) is 0 Å². The number of rotatable bonds is 12. The lowest BCUT2D eigenvalue weighted by atomic mass is 10.1. The number of halogens is 2. The number of hydrogen-bond donors (Lipinski definition) is 1. The van der Waals surface area contributed by atoms with E-state index < -0.39 is 16.1 Å².